The van der Waals surface area contributed by atoms with Crippen molar-refractivity contribution in [3.63, 3.8) is 0 Å². The number of alkyl halides is 3. The first kappa shape index (κ1) is 23.3. The van der Waals surface area contributed by atoms with Gasteiger partial charge in [0.1, 0.15) is 0 Å². The second-order valence-electron chi connectivity index (χ2n) is 8.12. The summed E-state index contributed by atoms with van der Waals surface area (Å²) < 4.78 is 42.7. The van der Waals surface area contributed by atoms with Crippen LogP contribution in [0.5, 0.6) is 0 Å². The van der Waals surface area contributed by atoms with Gasteiger partial charge in [-0.15, -0.1) is 5.10 Å². The van der Waals surface area contributed by atoms with Crippen molar-refractivity contribution in [2.24, 2.45) is 0 Å². The molecule has 11 heteroatoms. The summed E-state index contributed by atoms with van der Waals surface area (Å²) in [6, 6.07) is 8.92. The van der Waals surface area contributed by atoms with Crippen LogP contribution in [-0.4, -0.2) is 42.5 Å². The smallest absolute Gasteiger partial charge is 0.366 e. The Morgan fingerprint density at radius 3 is 2.59 bits per heavy atom. The molecular weight excluding hydrogens is 447 g/mol. The zero-order chi connectivity index (χ0) is 24.5. The lowest BCUT2D eigenvalue weighted by Gasteiger charge is -2.19. The maximum Gasteiger partial charge on any atom is 0.391 e. The van der Waals surface area contributed by atoms with E-state index in [4.69, 9.17) is 5.73 Å². The molecule has 0 bridgehead atoms. The summed E-state index contributed by atoms with van der Waals surface area (Å²) in [6.45, 7) is 3.83. The van der Waals surface area contributed by atoms with Crippen LogP contribution in [0.4, 0.5) is 19.1 Å². The van der Waals surface area contributed by atoms with Crippen LogP contribution in [0.3, 0.4) is 0 Å². The van der Waals surface area contributed by atoms with Gasteiger partial charge in [0.25, 0.3) is 5.91 Å². The second-order valence-corrected chi connectivity index (χ2v) is 8.12. The molecule has 3 heterocycles. The minimum Gasteiger partial charge on any atom is -0.366 e. The Labute approximate surface area is 193 Å². The number of carbonyl (C=O) groups excluding carboxylic acids is 1. The first-order valence-corrected chi connectivity index (χ1v) is 10.8. The fourth-order valence-electron chi connectivity index (χ4n) is 3.65. The molecule has 0 saturated carbocycles. The molecule has 0 aliphatic heterocycles. The predicted octanol–water partition coefficient (Wildman–Crippen LogP) is 4.25. The summed E-state index contributed by atoms with van der Waals surface area (Å²) in [5, 5.41) is 11.2. The summed E-state index contributed by atoms with van der Waals surface area (Å²) in [7, 11) is 0. The molecule has 0 spiro atoms. The van der Waals surface area contributed by atoms with Gasteiger partial charge in [0.2, 0.25) is 5.95 Å². The van der Waals surface area contributed by atoms with E-state index in [1.54, 1.807) is 42.6 Å². The molecule has 0 radical (unpaired) electrons. The number of nitrogen functional groups attached to an aromatic ring is 1. The number of hydrogen-bond donors (Lipinski definition) is 2. The number of pyridine rings is 1. The summed E-state index contributed by atoms with van der Waals surface area (Å²) in [5.74, 6) is -0.347. The first-order chi connectivity index (χ1) is 16.1. The fourth-order valence-corrected chi connectivity index (χ4v) is 3.65. The first-order valence-electron chi connectivity index (χ1n) is 10.8. The van der Waals surface area contributed by atoms with Crippen LogP contribution >= 0.6 is 0 Å². The predicted molar refractivity (Wildman–Crippen MR) is 121 cm³/mol. The number of halogens is 3. The minimum atomic E-state index is -4.38. The third-order valence-corrected chi connectivity index (χ3v) is 5.55. The number of anilines is 1. The Hall–Kier alpha value is -3.89. The number of rotatable bonds is 7. The molecule has 0 aliphatic carbocycles. The zero-order valence-corrected chi connectivity index (χ0v) is 18.6. The Balaban J connectivity index is 1.75. The van der Waals surface area contributed by atoms with E-state index in [9.17, 15) is 18.0 Å². The van der Waals surface area contributed by atoms with Gasteiger partial charge >= 0.3 is 6.18 Å². The van der Waals surface area contributed by atoms with Gasteiger partial charge < -0.3 is 11.1 Å². The molecular formula is C23H24F3N7O. The average Bonchev–Trinajstić information content (AvgIpc) is 3.42. The highest BCUT2D eigenvalue weighted by Gasteiger charge is 2.34. The molecule has 1 amide bonds. The van der Waals surface area contributed by atoms with E-state index in [0.29, 0.717) is 16.7 Å². The van der Waals surface area contributed by atoms with Crippen LogP contribution in [0, 0.1) is 0 Å². The Bertz CT molecular complexity index is 1300. The fraction of sp³-hybridized carbons (Fsp3) is 0.304. The third kappa shape index (κ3) is 5.03. The van der Waals surface area contributed by atoms with Gasteiger partial charge in [0.15, 0.2) is 5.65 Å². The number of hydrogen-bond acceptors (Lipinski definition) is 5. The molecule has 3 N–H and O–H groups in total. The number of aromatic nitrogens is 5. The molecule has 0 aliphatic rings. The largest absolute Gasteiger partial charge is 0.391 e. The van der Waals surface area contributed by atoms with Crippen LogP contribution in [0.25, 0.3) is 16.8 Å². The second kappa shape index (κ2) is 9.16. The number of nitrogens with two attached hydrogens (primary N) is 1. The molecule has 8 nitrogen and oxygen atoms in total. The Morgan fingerprint density at radius 2 is 1.91 bits per heavy atom. The van der Waals surface area contributed by atoms with Crippen molar-refractivity contribution < 1.29 is 18.0 Å². The monoisotopic (exact) mass is 471 g/mol. The van der Waals surface area contributed by atoms with Crippen LogP contribution in [-0.2, 0) is 0 Å². The summed E-state index contributed by atoms with van der Waals surface area (Å²) >= 11 is 0. The minimum absolute atomic E-state index is 0.000228. The summed E-state index contributed by atoms with van der Waals surface area (Å²) in [6.07, 6.45) is -0.111. The van der Waals surface area contributed by atoms with Crippen LogP contribution < -0.4 is 11.1 Å². The number of nitrogens with zero attached hydrogens (tertiary/aromatic N) is 5. The van der Waals surface area contributed by atoms with Gasteiger partial charge in [-0.2, -0.15) is 23.3 Å². The number of amides is 1. The van der Waals surface area contributed by atoms with E-state index >= 15 is 0 Å². The average molecular weight is 471 g/mol. The summed E-state index contributed by atoms with van der Waals surface area (Å²) in [5.41, 5.74) is 7.84. The van der Waals surface area contributed by atoms with Crippen molar-refractivity contribution in [2.75, 3.05) is 5.73 Å². The molecule has 4 aromatic rings. The maximum absolute atomic E-state index is 13.3. The van der Waals surface area contributed by atoms with Crippen molar-refractivity contribution in [1.82, 2.24) is 29.7 Å². The lowest BCUT2D eigenvalue weighted by atomic mass is 10.0. The third-order valence-electron chi connectivity index (χ3n) is 5.55. The van der Waals surface area contributed by atoms with E-state index in [1.807, 2.05) is 13.8 Å². The van der Waals surface area contributed by atoms with E-state index in [1.165, 1.54) is 21.6 Å². The summed E-state index contributed by atoms with van der Waals surface area (Å²) in [4.78, 5) is 17.0. The van der Waals surface area contributed by atoms with Gasteiger partial charge in [-0.25, -0.2) is 4.52 Å². The molecule has 0 saturated heterocycles. The highest BCUT2D eigenvalue weighted by atomic mass is 19.4. The lowest BCUT2D eigenvalue weighted by molar-refractivity contribution is -0.140. The van der Waals surface area contributed by atoms with Crippen molar-refractivity contribution in [2.45, 2.75) is 44.9 Å². The van der Waals surface area contributed by atoms with Gasteiger partial charge in [-0.3, -0.25) is 9.48 Å². The van der Waals surface area contributed by atoms with Gasteiger partial charge in [0.05, 0.1) is 24.2 Å². The molecule has 4 rings (SSSR count). The molecule has 1 unspecified atom stereocenters. The molecule has 2 atom stereocenters. The van der Waals surface area contributed by atoms with Crippen LogP contribution in [0.2, 0.25) is 0 Å². The van der Waals surface area contributed by atoms with E-state index < -0.39 is 18.6 Å². The molecule has 34 heavy (non-hydrogen) atoms. The van der Waals surface area contributed by atoms with Crippen molar-refractivity contribution in [3.05, 3.63) is 66.1 Å². The lowest BCUT2D eigenvalue weighted by Crippen LogP contribution is -2.32. The van der Waals surface area contributed by atoms with Gasteiger partial charge in [0, 0.05) is 29.6 Å². The van der Waals surface area contributed by atoms with Crippen molar-refractivity contribution in [1.29, 1.82) is 0 Å². The topological polar surface area (TPSA) is 103 Å². The van der Waals surface area contributed by atoms with E-state index in [0.717, 1.165) is 6.42 Å². The number of carbonyl (C=O) groups is 1. The SMILES string of the molecule is CC[C@H](C)NC(=O)c1cc(-c2cnn(C(CC(F)(F)F)c3ccccc3)c2)cn2nc(N)nc12. The van der Waals surface area contributed by atoms with Gasteiger partial charge in [-0.1, -0.05) is 37.3 Å². The zero-order valence-electron chi connectivity index (χ0n) is 18.6. The maximum atomic E-state index is 13.3. The highest BCUT2D eigenvalue weighted by Crippen LogP contribution is 2.33. The van der Waals surface area contributed by atoms with Crippen molar-refractivity contribution in [3.8, 4) is 11.1 Å². The standard InChI is InChI=1S/C23H24F3N7O/c1-3-14(2)29-21(34)18-9-16(12-33-20(18)30-22(27)31-33)17-11-28-32(13-17)19(10-23(24,25)26)15-7-5-4-6-8-15/h4-9,11-14,19H,3,10H2,1-2H3,(H2,27,31)(H,29,34)/t14-,19?/m0/s1. The van der Waals surface area contributed by atoms with Gasteiger partial charge in [-0.05, 0) is 25.0 Å². The molecule has 3 aromatic heterocycles. The van der Waals surface area contributed by atoms with E-state index in [-0.39, 0.29) is 29.1 Å². The Morgan fingerprint density at radius 1 is 1.18 bits per heavy atom. The van der Waals surface area contributed by atoms with E-state index in [2.05, 4.69) is 20.5 Å². The van der Waals surface area contributed by atoms with Crippen LogP contribution in [0.15, 0.2) is 55.0 Å². The van der Waals surface area contributed by atoms with Crippen LogP contribution in [0.1, 0.15) is 48.7 Å². The molecule has 178 valence electrons. The Kier molecular flexibility index (Phi) is 6.27. The molecule has 0 fully saturated rings. The number of fused-ring (bicyclic) bond motifs is 1. The highest BCUT2D eigenvalue weighted by molar-refractivity contribution is 6.01. The number of nitrogens with one attached hydrogen (secondary N) is 1. The quantitative estimate of drug-likeness (QED) is 0.420. The van der Waals surface area contributed by atoms with Crippen molar-refractivity contribution >= 4 is 17.5 Å². The number of benzene rings is 1. The molecule has 1 aromatic carbocycles. The normalized spacial score (nSPS) is 13.7.